The van der Waals surface area contributed by atoms with Gasteiger partial charge in [-0.25, -0.2) is 5.84 Å². The minimum absolute atomic E-state index is 0.0619. The van der Waals surface area contributed by atoms with Gasteiger partial charge in [-0.3, -0.25) is 10.2 Å². The fraction of sp³-hybridized carbons (Fsp3) is 0.0833. The molecular weight excluding hydrogens is 291 g/mol. The number of ether oxygens (including phenoxy) is 1. The third-order valence-electron chi connectivity index (χ3n) is 2.33. The Morgan fingerprint density at radius 2 is 2.00 bits per heavy atom. The van der Waals surface area contributed by atoms with Crippen LogP contribution in [0, 0.1) is 0 Å². The van der Waals surface area contributed by atoms with Crippen LogP contribution in [0.3, 0.4) is 0 Å². The van der Waals surface area contributed by atoms with Crippen LogP contribution in [0.1, 0.15) is 16.1 Å². The van der Waals surface area contributed by atoms with Crippen molar-refractivity contribution < 1.29 is 13.9 Å². The van der Waals surface area contributed by atoms with Crippen LogP contribution in [0.5, 0.6) is 5.75 Å². The van der Waals surface area contributed by atoms with Crippen LogP contribution in [-0.2, 0) is 6.61 Å². The lowest BCUT2D eigenvalue weighted by molar-refractivity contribution is 0.0949. The zero-order chi connectivity index (χ0) is 13.8. The van der Waals surface area contributed by atoms with E-state index in [1.165, 1.54) is 12.3 Å². The molecule has 0 aliphatic heterocycles. The zero-order valence-electron chi connectivity index (χ0n) is 9.65. The fourth-order valence-electron chi connectivity index (χ4n) is 1.49. The molecule has 1 amide bonds. The van der Waals surface area contributed by atoms with Crippen LogP contribution >= 0.6 is 23.2 Å². The van der Waals surface area contributed by atoms with E-state index < -0.39 is 5.91 Å². The molecule has 1 heterocycles. The highest BCUT2D eigenvalue weighted by Gasteiger charge is 2.14. The van der Waals surface area contributed by atoms with E-state index in [-0.39, 0.29) is 6.61 Å². The summed E-state index contributed by atoms with van der Waals surface area (Å²) < 4.78 is 10.6. The molecule has 0 bridgehead atoms. The second-order valence-corrected chi connectivity index (χ2v) is 4.50. The largest absolute Gasteiger partial charge is 0.486 e. The van der Waals surface area contributed by atoms with Crippen LogP contribution in [0.4, 0.5) is 0 Å². The number of carbonyl (C=O) groups excluding carboxylic acids is 1. The molecule has 0 unspecified atom stereocenters. The number of benzene rings is 1. The summed E-state index contributed by atoms with van der Waals surface area (Å²) >= 11 is 11.7. The maximum Gasteiger partial charge on any atom is 0.268 e. The van der Waals surface area contributed by atoms with Crippen LogP contribution in [-0.4, -0.2) is 5.91 Å². The molecule has 0 aliphatic rings. The third kappa shape index (κ3) is 3.41. The summed E-state index contributed by atoms with van der Waals surface area (Å²) in [5.41, 5.74) is 2.34. The normalized spacial score (nSPS) is 10.3. The molecule has 0 saturated heterocycles. The van der Waals surface area contributed by atoms with E-state index in [2.05, 4.69) is 0 Å². The van der Waals surface area contributed by atoms with E-state index in [9.17, 15) is 4.79 Å². The van der Waals surface area contributed by atoms with Crippen molar-refractivity contribution in [2.45, 2.75) is 6.61 Å². The summed E-state index contributed by atoms with van der Waals surface area (Å²) in [7, 11) is 0. The lowest BCUT2D eigenvalue weighted by atomic mass is 10.2. The molecule has 3 N–H and O–H groups in total. The van der Waals surface area contributed by atoms with Crippen LogP contribution < -0.4 is 16.0 Å². The number of hydrazine groups is 1. The quantitative estimate of drug-likeness (QED) is 0.517. The minimum Gasteiger partial charge on any atom is -0.486 e. The summed E-state index contributed by atoms with van der Waals surface area (Å²) in [6, 6.07) is 6.32. The first-order valence-corrected chi connectivity index (χ1v) is 6.02. The number of hydrogen-bond acceptors (Lipinski definition) is 4. The molecule has 0 spiro atoms. The predicted octanol–water partition coefficient (Wildman–Crippen LogP) is 2.77. The Morgan fingerprint density at radius 1 is 1.32 bits per heavy atom. The Hall–Kier alpha value is -1.69. The lowest BCUT2D eigenvalue weighted by Gasteiger charge is -2.06. The first-order chi connectivity index (χ1) is 9.10. The molecular formula is C12H10Cl2N2O3. The van der Waals surface area contributed by atoms with E-state index in [1.807, 2.05) is 5.43 Å². The van der Waals surface area contributed by atoms with Crippen molar-refractivity contribution in [2.75, 3.05) is 0 Å². The molecule has 0 aliphatic carbocycles. The summed E-state index contributed by atoms with van der Waals surface area (Å²) in [6.45, 7) is 0.0619. The number of hydrogen-bond donors (Lipinski definition) is 2. The number of amides is 1. The Labute approximate surface area is 119 Å². The number of nitrogen functional groups attached to an aromatic ring is 1. The van der Waals surface area contributed by atoms with Gasteiger partial charge < -0.3 is 9.15 Å². The van der Waals surface area contributed by atoms with E-state index >= 15 is 0 Å². The second kappa shape index (κ2) is 5.97. The van der Waals surface area contributed by atoms with E-state index in [1.54, 1.807) is 18.2 Å². The Morgan fingerprint density at radius 3 is 2.63 bits per heavy atom. The minimum atomic E-state index is -0.448. The van der Waals surface area contributed by atoms with Gasteiger partial charge in [0.05, 0.1) is 11.8 Å². The van der Waals surface area contributed by atoms with Gasteiger partial charge in [0.25, 0.3) is 5.91 Å². The summed E-state index contributed by atoms with van der Waals surface area (Å²) in [5.74, 6) is 5.45. The molecule has 7 heteroatoms. The van der Waals surface area contributed by atoms with Gasteiger partial charge in [0.15, 0.2) is 5.76 Å². The number of nitrogens with one attached hydrogen (secondary N) is 1. The average molecular weight is 301 g/mol. The van der Waals surface area contributed by atoms with Crippen molar-refractivity contribution in [3.05, 3.63) is 51.9 Å². The highest BCUT2D eigenvalue weighted by Crippen LogP contribution is 2.25. The van der Waals surface area contributed by atoms with Gasteiger partial charge in [0.1, 0.15) is 12.4 Å². The smallest absolute Gasteiger partial charge is 0.268 e. The number of furan rings is 1. The standard InChI is InChI=1S/C12H10Cl2N2O3/c13-7-3-8(14)5-9(4-7)19-6-11-10(1-2-18-11)12(17)16-15/h1-5H,6,15H2,(H,16,17). The van der Waals surface area contributed by atoms with Gasteiger partial charge in [-0.1, -0.05) is 23.2 Å². The Balaban J connectivity index is 2.10. The van der Waals surface area contributed by atoms with Gasteiger partial charge in [-0.2, -0.15) is 0 Å². The molecule has 100 valence electrons. The van der Waals surface area contributed by atoms with Crippen molar-refractivity contribution in [3.8, 4) is 5.75 Å². The molecule has 0 fully saturated rings. The average Bonchev–Trinajstić information content (AvgIpc) is 2.82. The van der Waals surface area contributed by atoms with Gasteiger partial charge in [0.2, 0.25) is 0 Å². The lowest BCUT2D eigenvalue weighted by Crippen LogP contribution is -2.30. The zero-order valence-corrected chi connectivity index (χ0v) is 11.2. The van der Waals surface area contributed by atoms with Crippen LogP contribution in [0.2, 0.25) is 10.0 Å². The van der Waals surface area contributed by atoms with E-state index in [0.29, 0.717) is 27.1 Å². The number of rotatable bonds is 4. The van der Waals surface area contributed by atoms with Crippen molar-refractivity contribution in [1.29, 1.82) is 0 Å². The summed E-state index contributed by atoms with van der Waals surface area (Å²) in [5, 5.41) is 0.920. The molecule has 0 atom stereocenters. The van der Waals surface area contributed by atoms with Gasteiger partial charge in [0, 0.05) is 10.0 Å². The molecule has 2 aromatic rings. The van der Waals surface area contributed by atoms with Crippen molar-refractivity contribution in [2.24, 2.45) is 5.84 Å². The molecule has 1 aromatic carbocycles. The SMILES string of the molecule is NNC(=O)c1ccoc1COc1cc(Cl)cc(Cl)c1. The highest BCUT2D eigenvalue weighted by atomic mass is 35.5. The summed E-state index contributed by atoms with van der Waals surface area (Å²) in [6.07, 6.45) is 1.38. The van der Waals surface area contributed by atoms with Crippen molar-refractivity contribution in [3.63, 3.8) is 0 Å². The Bertz CT molecular complexity index is 578. The molecule has 0 radical (unpaired) electrons. The predicted molar refractivity (Wildman–Crippen MR) is 71.2 cm³/mol. The monoisotopic (exact) mass is 300 g/mol. The van der Waals surface area contributed by atoms with E-state index in [4.69, 9.17) is 38.2 Å². The van der Waals surface area contributed by atoms with Gasteiger partial charge >= 0.3 is 0 Å². The fourth-order valence-corrected chi connectivity index (χ4v) is 2.00. The number of nitrogens with two attached hydrogens (primary N) is 1. The number of carbonyl (C=O) groups is 1. The molecule has 5 nitrogen and oxygen atoms in total. The van der Waals surface area contributed by atoms with Gasteiger partial charge in [-0.05, 0) is 24.3 Å². The first kappa shape index (κ1) is 13.7. The van der Waals surface area contributed by atoms with Crippen molar-refractivity contribution >= 4 is 29.1 Å². The number of halogens is 2. The maximum atomic E-state index is 11.4. The molecule has 19 heavy (non-hydrogen) atoms. The van der Waals surface area contributed by atoms with Crippen molar-refractivity contribution in [1.82, 2.24) is 5.43 Å². The van der Waals surface area contributed by atoms with Crippen LogP contribution in [0.25, 0.3) is 0 Å². The second-order valence-electron chi connectivity index (χ2n) is 3.62. The topological polar surface area (TPSA) is 77.5 Å². The first-order valence-electron chi connectivity index (χ1n) is 5.26. The van der Waals surface area contributed by atoms with Crippen LogP contribution in [0.15, 0.2) is 34.9 Å². The molecule has 0 saturated carbocycles. The molecule has 1 aromatic heterocycles. The third-order valence-corrected chi connectivity index (χ3v) is 2.76. The highest BCUT2D eigenvalue weighted by molar-refractivity contribution is 6.34. The Kier molecular flexibility index (Phi) is 4.31. The molecule has 2 rings (SSSR count). The maximum absolute atomic E-state index is 11.4. The van der Waals surface area contributed by atoms with E-state index in [0.717, 1.165) is 0 Å². The van der Waals surface area contributed by atoms with Gasteiger partial charge in [-0.15, -0.1) is 0 Å². The summed E-state index contributed by atoms with van der Waals surface area (Å²) in [4.78, 5) is 11.4.